The summed E-state index contributed by atoms with van der Waals surface area (Å²) in [5.41, 5.74) is -0.403. The molecule has 120 valence electrons. The van der Waals surface area contributed by atoms with Crippen LogP contribution in [-0.4, -0.2) is 28.0 Å². The quantitative estimate of drug-likeness (QED) is 0.871. The SMILES string of the molecule is CCOC1(c2noc(C(C)C(O)CC)n2)CCC(C)CC1. The van der Waals surface area contributed by atoms with Crippen molar-refractivity contribution in [2.75, 3.05) is 6.61 Å². The number of nitrogens with zero attached hydrogens (tertiary/aromatic N) is 2. The van der Waals surface area contributed by atoms with Gasteiger partial charge < -0.3 is 14.4 Å². The fourth-order valence-corrected chi connectivity index (χ4v) is 3.06. The van der Waals surface area contributed by atoms with Gasteiger partial charge in [-0.15, -0.1) is 0 Å². The van der Waals surface area contributed by atoms with E-state index in [1.54, 1.807) is 0 Å². The number of aromatic nitrogens is 2. The Bertz CT molecular complexity index is 438. The van der Waals surface area contributed by atoms with Crippen LogP contribution in [0.1, 0.15) is 77.4 Å². The number of hydrogen-bond acceptors (Lipinski definition) is 5. The summed E-state index contributed by atoms with van der Waals surface area (Å²) in [5.74, 6) is 1.75. The molecule has 0 aromatic carbocycles. The number of rotatable bonds is 6. The molecule has 0 bridgehead atoms. The Balaban J connectivity index is 2.20. The summed E-state index contributed by atoms with van der Waals surface area (Å²) in [7, 11) is 0. The largest absolute Gasteiger partial charge is 0.392 e. The van der Waals surface area contributed by atoms with Crippen LogP contribution in [-0.2, 0) is 10.3 Å². The van der Waals surface area contributed by atoms with E-state index in [0.717, 1.165) is 31.6 Å². The maximum Gasteiger partial charge on any atom is 0.232 e. The molecule has 1 fully saturated rings. The Labute approximate surface area is 127 Å². The van der Waals surface area contributed by atoms with Crippen LogP contribution in [0.4, 0.5) is 0 Å². The Kier molecular flexibility index (Phi) is 5.38. The van der Waals surface area contributed by atoms with Crippen LogP contribution in [0.15, 0.2) is 4.52 Å². The van der Waals surface area contributed by atoms with Crippen LogP contribution in [0.2, 0.25) is 0 Å². The molecule has 2 unspecified atom stereocenters. The van der Waals surface area contributed by atoms with Crippen molar-refractivity contribution in [1.82, 2.24) is 10.1 Å². The van der Waals surface area contributed by atoms with E-state index >= 15 is 0 Å². The Morgan fingerprint density at radius 1 is 1.38 bits per heavy atom. The Hall–Kier alpha value is -0.940. The Morgan fingerprint density at radius 2 is 2.05 bits per heavy atom. The fourth-order valence-electron chi connectivity index (χ4n) is 3.06. The highest BCUT2D eigenvalue weighted by Crippen LogP contribution is 2.41. The third-order valence-electron chi connectivity index (χ3n) is 4.74. The van der Waals surface area contributed by atoms with Crippen LogP contribution < -0.4 is 0 Å². The molecular formula is C16H28N2O3. The van der Waals surface area contributed by atoms with Gasteiger partial charge >= 0.3 is 0 Å². The molecule has 1 N–H and O–H groups in total. The third-order valence-corrected chi connectivity index (χ3v) is 4.74. The monoisotopic (exact) mass is 296 g/mol. The second kappa shape index (κ2) is 6.88. The Morgan fingerprint density at radius 3 is 2.62 bits per heavy atom. The van der Waals surface area contributed by atoms with Crippen LogP contribution in [0.5, 0.6) is 0 Å². The zero-order valence-electron chi connectivity index (χ0n) is 13.6. The first-order valence-electron chi connectivity index (χ1n) is 8.18. The zero-order valence-corrected chi connectivity index (χ0v) is 13.6. The fraction of sp³-hybridized carbons (Fsp3) is 0.875. The number of ether oxygens (including phenoxy) is 1. The van der Waals surface area contributed by atoms with Gasteiger partial charge in [0, 0.05) is 6.61 Å². The van der Waals surface area contributed by atoms with Crippen molar-refractivity contribution < 1.29 is 14.4 Å². The third kappa shape index (κ3) is 3.46. The number of aliphatic hydroxyl groups excluding tert-OH is 1. The smallest absolute Gasteiger partial charge is 0.232 e. The molecule has 0 spiro atoms. The standard InChI is InChI=1S/C16H28N2O3/c1-5-13(19)12(4)14-17-15(18-21-14)16(20-6-2)9-7-11(3)8-10-16/h11-13,19H,5-10H2,1-4H3. The number of aliphatic hydroxyl groups is 1. The van der Waals surface area contributed by atoms with Crippen LogP contribution >= 0.6 is 0 Å². The van der Waals surface area contributed by atoms with Gasteiger partial charge in [0.15, 0.2) is 0 Å². The van der Waals surface area contributed by atoms with Crippen molar-refractivity contribution in [3.8, 4) is 0 Å². The molecule has 1 aliphatic rings. The molecule has 0 radical (unpaired) electrons. The zero-order chi connectivity index (χ0) is 15.5. The molecule has 1 heterocycles. The average Bonchev–Trinajstić information content (AvgIpc) is 2.99. The molecule has 5 nitrogen and oxygen atoms in total. The summed E-state index contributed by atoms with van der Waals surface area (Å²) in [6, 6.07) is 0. The first-order chi connectivity index (χ1) is 10.0. The summed E-state index contributed by atoms with van der Waals surface area (Å²) in [6.45, 7) is 8.79. The van der Waals surface area contributed by atoms with E-state index in [2.05, 4.69) is 17.1 Å². The second-order valence-electron chi connectivity index (χ2n) is 6.33. The van der Waals surface area contributed by atoms with Crippen LogP contribution in [0, 0.1) is 5.92 Å². The van der Waals surface area contributed by atoms with Gasteiger partial charge in [-0.1, -0.05) is 25.9 Å². The van der Waals surface area contributed by atoms with Gasteiger partial charge in [0.05, 0.1) is 12.0 Å². The predicted molar refractivity (Wildman–Crippen MR) is 79.9 cm³/mol. The molecule has 0 amide bonds. The highest BCUT2D eigenvalue weighted by molar-refractivity contribution is 5.06. The van der Waals surface area contributed by atoms with Crippen molar-refractivity contribution in [3.05, 3.63) is 11.7 Å². The molecule has 1 aliphatic carbocycles. The van der Waals surface area contributed by atoms with E-state index in [1.807, 2.05) is 20.8 Å². The van der Waals surface area contributed by atoms with E-state index < -0.39 is 11.7 Å². The van der Waals surface area contributed by atoms with E-state index in [1.165, 1.54) is 0 Å². The lowest BCUT2D eigenvalue weighted by atomic mass is 9.79. The molecule has 5 heteroatoms. The highest BCUT2D eigenvalue weighted by atomic mass is 16.5. The van der Waals surface area contributed by atoms with E-state index in [9.17, 15) is 5.11 Å². The summed E-state index contributed by atoms with van der Waals surface area (Å²) < 4.78 is 11.4. The summed E-state index contributed by atoms with van der Waals surface area (Å²) in [4.78, 5) is 4.56. The first-order valence-corrected chi connectivity index (χ1v) is 8.18. The van der Waals surface area contributed by atoms with E-state index in [0.29, 0.717) is 24.7 Å². The van der Waals surface area contributed by atoms with Crippen molar-refractivity contribution in [2.24, 2.45) is 5.92 Å². The van der Waals surface area contributed by atoms with Gasteiger partial charge in [0.2, 0.25) is 11.7 Å². The minimum atomic E-state index is -0.451. The lowest BCUT2D eigenvalue weighted by Gasteiger charge is -2.36. The van der Waals surface area contributed by atoms with Gasteiger partial charge in [-0.25, -0.2) is 0 Å². The maximum absolute atomic E-state index is 9.94. The van der Waals surface area contributed by atoms with Gasteiger partial charge in [0.25, 0.3) is 0 Å². The van der Waals surface area contributed by atoms with Gasteiger partial charge in [-0.05, 0) is 44.9 Å². The minimum Gasteiger partial charge on any atom is -0.392 e. The molecule has 2 rings (SSSR count). The topological polar surface area (TPSA) is 68.4 Å². The minimum absolute atomic E-state index is 0.141. The molecule has 1 aromatic rings. The molecule has 1 saturated carbocycles. The van der Waals surface area contributed by atoms with Gasteiger partial charge in [-0.2, -0.15) is 4.98 Å². The summed E-state index contributed by atoms with van der Waals surface area (Å²) in [6.07, 6.45) is 4.34. The van der Waals surface area contributed by atoms with Gasteiger partial charge in [0.1, 0.15) is 5.60 Å². The van der Waals surface area contributed by atoms with Gasteiger partial charge in [-0.3, -0.25) is 0 Å². The van der Waals surface area contributed by atoms with Crippen LogP contribution in [0.3, 0.4) is 0 Å². The molecule has 0 saturated heterocycles. The van der Waals surface area contributed by atoms with E-state index in [-0.39, 0.29) is 5.92 Å². The van der Waals surface area contributed by atoms with Crippen molar-refractivity contribution >= 4 is 0 Å². The summed E-state index contributed by atoms with van der Waals surface area (Å²) >= 11 is 0. The predicted octanol–water partition coefficient (Wildman–Crippen LogP) is 3.39. The van der Waals surface area contributed by atoms with Crippen LogP contribution in [0.25, 0.3) is 0 Å². The number of hydrogen-bond donors (Lipinski definition) is 1. The summed E-state index contributed by atoms with van der Waals surface area (Å²) in [5, 5.41) is 14.1. The van der Waals surface area contributed by atoms with Crippen molar-refractivity contribution in [2.45, 2.75) is 77.4 Å². The maximum atomic E-state index is 9.94. The average molecular weight is 296 g/mol. The second-order valence-corrected chi connectivity index (χ2v) is 6.33. The molecule has 21 heavy (non-hydrogen) atoms. The van der Waals surface area contributed by atoms with Crippen molar-refractivity contribution in [3.63, 3.8) is 0 Å². The highest BCUT2D eigenvalue weighted by Gasteiger charge is 2.41. The first kappa shape index (κ1) is 16.4. The lowest BCUT2D eigenvalue weighted by Crippen LogP contribution is -2.35. The molecular weight excluding hydrogens is 268 g/mol. The van der Waals surface area contributed by atoms with Crippen molar-refractivity contribution in [1.29, 1.82) is 0 Å². The van der Waals surface area contributed by atoms with E-state index in [4.69, 9.17) is 9.26 Å². The molecule has 2 atom stereocenters. The normalized spacial score (nSPS) is 29.3. The molecule has 0 aliphatic heterocycles. The molecule has 1 aromatic heterocycles. The lowest BCUT2D eigenvalue weighted by molar-refractivity contribution is -0.0847.